The van der Waals surface area contributed by atoms with Crippen molar-refractivity contribution in [2.45, 2.75) is 25.8 Å². The van der Waals surface area contributed by atoms with Gasteiger partial charge in [-0.2, -0.15) is 5.10 Å². The Labute approximate surface area is 160 Å². The summed E-state index contributed by atoms with van der Waals surface area (Å²) >= 11 is 6.34. The van der Waals surface area contributed by atoms with Crippen LogP contribution in [0.25, 0.3) is 10.8 Å². The van der Waals surface area contributed by atoms with Crippen LogP contribution in [0.1, 0.15) is 24.4 Å². The van der Waals surface area contributed by atoms with Gasteiger partial charge >= 0.3 is 11.7 Å². The number of anilines is 1. The third-order valence-electron chi connectivity index (χ3n) is 5.15. The Morgan fingerprint density at radius 1 is 1.26 bits per heavy atom. The molecule has 0 aliphatic carbocycles. The number of carbonyl (C=O) groups is 1. The number of nitrogens with zero attached hydrogens (tertiary/aromatic N) is 3. The van der Waals surface area contributed by atoms with Crippen molar-refractivity contribution < 1.29 is 4.79 Å². The molecule has 0 unspecified atom stereocenters. The van der Waals surface area contributed by atoms with Crippen molar-refractivity contribution in [2.24, 2.45) is 0 Å². The van der Waals surface area contributed by atoms with Gasteiger partial charge in [-0.25, -0.2) is 14.7 Å². The van der Waals surface area contributed by atoms with Gasteiger partial charge in [-0.1, -0.05) is 35.9 Å². The van der Waals surface area contributed by atoms with E-state index in [4.69, 9.17) is 11.6 Å². The van der Waals surface area contributed by atoms with Crippen LogP contribution in [-0.4, -0.2) is 38.8 Å². The number of rotatable bonds is 2. The van der Waals surface area contributed by atoms with Gasteiger partial charge < -0.3 is 10.2 Å². The van der Waals surface area contributed by atoms with Crippen LogP contribution in [0.4, 0.5) is 10.5 Å². The number of aromatic amines is 1. The van der Waals surface area contributed by atoms with E-state index < -0.39 is 0 Å². The molecule has 0 spiro atoms. The lowest BCUT2D eigenvalue weighted by atomic mass is 10.0. The van der Waals surface area contributed by atoms with Gasteiger partial charge in [-0.15, -0.1) is 0 Å². The topological polar surface area (TPSA) is 83.0 Å². The fraction of sp³-hybridized carbons (Fsp3) is 0.316. The highest BCUT2D eigenvalue weighted by Gasteiger charge is 2.25. The van der Waals surface area contributed by atoms with Gasteiger partial charge in [-0.05, 0) is 31.4 Å². The summed E-state index contributed by atoms with van der Waals surface area (Å²) in [6, 6.07) is 9.57. The molecule has 8 heteroatoms. The largest absolute Gasteiger partial charge is 0.343 e. The number of piperidine rings is 1. The lowest BCUT2D eigenvalue weighted by Gasteiger charge is -2.32. The quantitative estimate of drug-likeness (QED) is 0.707. The minimum atomic E-state index is -0.207. The molecule has 27 heavy (non-hydrogen) atoms. The molecule has 3 aromatic rings. The number of amides is 2. The molecule has 2 N–H and O–H groups in total. The maximum absolute atomic E-state index is 12.8. The van der Waals surface area contributed by atoms with Gasteiger partial charge in [0, 0.05) is 34.9 Å². The van der Waals surface area contributed by atoms with E-state index in [9.17, 15) is 9.59 Å². The second-order valence-electron chi connectivity index (χ2n) is 6.81. The molecule has 140 valence electrons. The number of nitrogens with one attached hydrogen (secondary N) is 2. The standard InChI is InChI=1S/C19H20ClN5O2/c1-12-10-16(20)14-4-2-3-5-15(14)17(12)22-18(26)24-8-6-13(7-9-24)25-11-21-23-19(25)27/h2-5,10-11,13H,6-9H2,1H3,(H,22,26)(H,23,27). The summed E-state index contributed by atoms with van der Waals surface area (Å²) in [4.78, 5) is 26.3. The third-order valence-corrected chi connectivity index (χ3v) is 5.46. The SMILES string of the molecule is Cc1cc(Cl)c2ccccc2c1NC(=O)N1CCC(n2cn[nH]c2=O)CC1. The average Bonchev–Trinajstić information content (AvgIpc) is 3.11. The van der Waals surface area contributed by atoms with Crippen molar-refractivity contribution in [3.63, 3.8) is 0 Å². The number of carbonyl (C=O) groups excluding carboxylic acids is 1. The Morgan fingerprint density at radius 2 is 1.96 bits per heavy atom. The predicted molar refractivity (Wildman–Crippen MR) is 105 cm³/mol. The molecule has 0 bridgehead atoms. The molecule has 1 saturated heterocycles. The summed E-state index contributed by atoms with van der Waals surface area (Å²) in [5, 5.41) is 11.8. The van der Waals surface area contributed by atoms with Gasteiger partial charge in [0.1, 0.15) is 6.33 Å². The number of hydrogen-bond acceptors (Lipinski definition) is 3. The lowest BCUT2D eigenvalue weighted by molar-refractivity contribution is 0.183. The Kier molecular flexibility index (Phi) is 4.61. The first-order chi connectivity index (χ1) is 13.0. The monoisotopic (exact) mass is 385 g/mol. The molecule has 1 aliphatic rings. The van der Waals surface area contributed by atoms with Crippen LogP contribution in [-0.2, 0) is 0 Å². The maximum atomic E-state index is 12.8. The Morgan fingerprint density at radius 3 is 2.63 bits per heavy atom. The molecule has 2 amide bonds. The highest BCUT2D eigenvalue weighted by Crippen LogP contribution is 2.33. The van der Waals surface area contributed by atoms with Crippen molar-refractivity contribution in [3.8, 4) is 0 Å². The number of aromatic nitrogens is 3. The number of benzene rings is 2. The number of fused-ring (bicyclic) bond motifs is 1. The minimum Gasteiger partial charge on any atom is -0.324 e. The van der Waals surface area contributed by atoms with E-state index in [2.05, 4.69) is 15.5 Å². The Bertz CT molecular complexity index is 1050. The number of hydrogen-bond donors (Lipinski definition) is 2. The van der Waals surface area contributed by atoms with Gasteiger partial charge in [-0.3, -0.25) is 4.57 Å². The zero-order chi connectivity index (χ0) is 19.0. The summed E-state index contributed by atoms with van der Waals surface area (Å²) in [6.45, 7) is 3.10. The van der Waals surface area contributed by atoms with Crippen molar-refractivity contribution >= 4 is 34.1 Å². The highest BCUT2D eigenvalue weighted by molar-refractivity contribution is 6.36. The molecule has 2 aromatic carbocycles. The van der Waals surface area contributed by atoms with E-state index in [0.717, 1.165) is 22.0 Å². The summed E-state index contributed by atoms with van der Waals surface area (Å²) in [6.07, 6.45) is 2.95. The van der Waals surface area contributed by atoms with Gasteiger partial charge in [0.15, 0.2) is 0 Å². The molecule has 0 radical (unpaired) electrons. The lowest BCUT2D eigenvalue weighted by Crippen LogP contribution is -2.42. The third kappa shape index (κ3) is 3.30. The van der Waals surface area contributed by atoms with Crippen LogP contribution >= 0.6 is 11.6 Å². The summed E-state index contributed by atoms with van der Waals surface area (Å²) in [5.41, 5.74) is 1.50. The van der Waals surface area contributed by atoms with Gasteiger partial charge in [0.25, 0.3) is 0 Å². The van der Waals surface area contributed by atoms with E-state index in [-0.39, 0.29) is 17.8 Å². The maximum Gasteiger partial charge on any atom is 0.343 e. The second-order valence-corrected chi connectivity index (χ2v) is 7.22. The molecule has 0 saturated carbocycles. The molecule has 1 fully saturated rings. The Hall–Kier alpha value is -2.80. The molecule has 2 heterocycles. The minimum absolute atomic E-state index is 0.0680. The predicted octanol–water partition coefficient (Wildman–Crippen LogP) is 3.56. The fourth-order valence-electron chi connectivity index (χ4n) is 3.68. The van der Waals surface area contributed by atoms with E-state index in [1.807, 2.05) is 37.3 Å². The van der Waals surface area contributed by atoms with Crippen LogP contribution in [0.3, 0.4) is 0 Å². The normalized spacial score (nSPS) is 15.3. The van der Waals surface area contributed by atoms with Crippen LogP contribution in [0, 0.1) is 6.92 Å². The smallest absolute Gasteiger partial charge is 0.324 e. The van der Waals surface area contributed by atoms with Crippen molar-refractivity contribution in [1.82, 2.24) is 19.7 Å². The number of likely N-dealkylation sites (tertiary alicyclic amines) is 1. The van der Waals surface area contributed by atoms with Crippen LogP contribution in [0.15, 0.2) is 41.5 Å². The van der Waals surface area contributed by atoms with Crippen LogP contribution < -0.4 is 11.0 Å². The van der Waals surface area contributed by atoms with Crippen molar-refractivity contribution in [1.29, 1.82) is 0 Å². The molecular weight excluding hydrogens is 366 g/mol. The summed E-state index contributed by atoms with van der Waals surface area (Å²) in [7, 11) is 0. The molecule has 0 atom stereocenters. The molecule has 7 nitrogen and oxygen atoms in total. The van der Waals surface area contributed by atoms with E-state index in [1.165, 1.54) is 6.33 Å². The Balaban J connectivity index is 1.50. The number of halogens is 1. The van der Waals surface area contributed by atoms with E-state index in [1.54, 1.807) is 9.47 Å². The first kappa shape index (κ1) is 17.6. The second kappa shape index (κ2) is 7.08. The zero-order valence-electron chi connectivity index (χ0n) is 14.9. The number of urea groups is 1. The molecule has 4 rings (SSSR count). The number of H-pyrrole nitrogens is 1. The average molecular weight is 386 g/mol. The van der Waals surface area contributed by atoms with E-state index >= 15 is 0 Å². The van der Waals surface area contributed by atoms with Crippen molar-refractivity contribution in [2.75, 3.05) is 18.4 Å². The van der Waals surface area contributed by atoms with Gasteiger partial charge in [0.2, 0.25) is 0 Å². The first-order valence-electron chi connectivity index (χ1n) is 8.90. The molecular formula is C19H20ClN5O2. The summed E-state index contributed by atoms with van der Waals surface area (Å²) in [5.74, 6) is 0. The number of aryl methyl sites for hydroxylation is 1. The van der Waals surface area contributed by atoms with Gasteiger partial charge in [0.05, 0.1) is 5.69 Å². The molecule has 1 aliphatic heterocycles. The summed E-state index contributed by atoms with van der Waals surface area (Å²) < 4.78 is 1.60. The van der Waals surface area contributed by atoms with E-state index in [0.29, 0.717) is 31.0 Å². The van der Waals surface area contributed by atoms with Crippen molar-refractivity contribution in [3.05, 3.63) is 57.7 Å². The zero-order valence-corrected chi connectivity index (χ0v) is 15.7. The van der Waals surface area contributed by atoms with Crippen LogP contribution in [0.5, 0.6) is 0 Å². The molecule has 1 aromatic heterocycles. The van der Waals surface area contributed by atoms with Crippen LogP contribution in [0.2, 0.25) is 5.02 Å². The first-order valence-corrected chi connectivity index (χ1v) is 9.27. The highest BCUT2D eigenvalue weighted by atomic mass is 35.5. The fourth-order valence-corrected chi connectivity index (χ4v) is 4.01.